The predicted octanol–water partition coefficient (Wildman–Crippen LogP) is 2.72. The van der Waals surface area contributed by atoms with E-state index in [-0.39, 0.29) is 17.7 Å². The van der Waals surface area contributed by atoms with Gasteiger partial charge in [-0.1, -0.05) is 24.8 Å². The van der Waals surface area contributed by atoms with Gasteiger partial charge in [0.1, 0.15) is 5.75 Å². The summed E-state index contributed by atoms with van der Waals surface area (Å²) in [6.45, 7) is 4.49. The molecule has 122 valence electrons. The topological polar surface area (TPSA) is 67.4 Å². The Morgan fingerprint density at radius 2 is 1.92 bits per heavy atom. The molecule has 5 heteroatoms. The van der Waals surface area contributed by atoms with Gasteiger partial charge in [0, 0.05) is 29.3 Å². The second-order valence-electron chi connectivity index (χ2n) is 5.53. The maximum absolute atomic E-state index is 12.2. The molecule has 0 fully saturated rings. The molecular weight excluding hydrogens is 304 g/mol. The van der Waals surface area contributed by atoms with Crippen molar-refractivity contribution in [2.24, 2.45) is 0 Å². The second-order valence-corrected chi connectivity index (χ2v) is 5.53. The summed E-state index contributed by atoms with van der Waals surface area (Å²) in [5.41, 5.74) is 2.29. The third-order valence-corrected chi connectivity index (χ3v) is 3.91. The van der Waals surface area contributed by atoms with E-state index in [1.54, 1.807) is 24.3 Å². The number of nitrogens with one attached hydrogen (secondary N) is 2. The Morgan fingerprint density at radius 3 is 2.67 bits per heavy atom. The number of para-hydroxylation sites is 1. The zero-order valence-corrected chi connectivity index (χ0v) is 13.1. The highest BCUT2D eigenvalue weighted by molar-refractivity contribution is 5.99. The van der Waals surface area contributed by atoms with Crippen molar-refractivity contribution in [1.82, 2.24) is 5.32 Å². The third-order valence-electron chi connectivity index (χ3n) is 3.91. The number of ether oxygens (including phenoxy) is 1. The normalized spacial score (nSPS) is 15.1. The summed E-state index contributed by atoms with van der Waals surface area (Å²) in [6, 6.07) is 14.6. The Kier molecular flexibility index (Phi) is 4.61. The first-order valence-corrected chi connectivity index (χ1v) is 7.71. The molecular formula is C19H18N2O3. The number of anilines is 1. The minimum Gasteiger partial charge on any atom is -0.493 e. The Morgan fingerprint density at radius 1 is 1.17 bits per heavy atom. The summed E-state index contributed by atoms with van der Waals surface area (Å²) < 4.78 is 5.61. The van der Waals surface area contributed by atoms with Crippen LogP contribution in [0.25, 0.3) is 0 Å². The van der Waals surface area contributed by atoms with Crippen molar-refractivity contribution in [3.8, 4) is 5.75 Å². The lowest BCUT2D eigenvalue weighted by Gasteiger charge is -2.11. The van der Waals surface area contributed by atoms with Gasteiger partial charge in [-0.2, -0.15) is 0 Å². The molecule has 24 heavy (non-hydrogen) atoms. The Hall–Kier alpha value is -3.08. The number of rotatable bonds is 5. The highest BCUT2D eigenvalue weighted by atomic mass is 16.5. The lowest BCUT2D eigenvalue weighted by molar-refractivity contribution is -0.111. The minimum atomic E-state index is -0.285. The van der Waals surface area contributed by atoms with Gasteiger partial charge in [0.05, 0.1) is 6.61 Å². The van der Waals surface area contributed by atoms with Gasteiger partial charge in [-0.3, -0.25) is 9.59 Å². The number of benzene rings is 2. The van der Waals surface area contributed by atoms with E-state index in [1.807, 2.05) is 24.3 Å². The molecule has 0 saturated heterocycles. The zero-order chi connectivity index (χ0) is 16.9. The van der Waals surface area contributed by atoms with Crippen molar-refractivity contribution in [2.45, 2.75) is 5.92 Å². The highest BCUT2D eigenvalue weighted by Crippen LogP contribution is 2.32. The molecule has 2 N–H and O–H groups in total. The van der Waals surface area contributed by atoms with Gasteiger partial charge in [0.2, 0.25) is 5.91 Å². The molecule has 2 aromatic carbocycles. The van der Waals surface area contributed by atoms with Crippen molar-refractivity contribution < 1.29 is 14.3 Å². The van der Waals surface area contributed by atoms with Crippen LogP contribution in [0.1, 0.15) is 21.8 Å². The van der Waals surface area contributed by atoms with E-state index in [2.05, 4.69) is 17.2 Å². The van der Waals surface area contributed by atoms with E-state index in [1.165, 1.54) is 6.08 Å². The van der Waals surface area contributed by atoms with E-state index in [9.17, 15) is 9.59 Å². The maximum Gasteiger partial charge on any atom is 0.251 e. The van der Waals surface area contributed by atoms with E-state index in [0.29, 0.717) is 24.4 Å². The fraction of sp³-hybridized carbons (Fsp3) is 0.158. The summed E-state index contributed by atoms with van der Waals surface area (Å²) in [5, 5.41) is 5.57. The van der Waals surface area contributed by atoms with Crippen molar-refractivity contribution in [2.75, 3.05) is 18.5 Å². The number of fused-ring (bicyclic) bond motifs is 1. The molecule has 1 atom stereocenters. The van der Waals surface area contributed by atoms with Crippen molar-refractivity contribution in [3.63, 3.8) is 0 Å². The number of hydrogen-bond donors (Lipinski definition) is 2. The van der Waals surface area contributed by atoms with Crippen LogP contribution < -0.4 is 15.4 Å². The first-order chi connectivity index (χ1) is 11.7. The molecule has 0 spiro atoms. The van der Waals surface area contributed by atoms with E-state index >= 15 is 0 Å². The largest absolute Gasteiger partial charge is 0.493 e. The fourth-order valence-electron chi connectivity index (χ4n) is 2.61. The van der Waals surface area contributed by atoms with Crippen LogP contribution in [0.15, 0.2) is 61.2 Å². The Bertz CT molecular complexity index is 768. The molecule has 0 radical (unpaired) electrons. The van der Waals surface area contributed by atoms with Gasteiger partial charge in [-0.25, -0.2) is 0 Å². The van der Waals surface area contributed by atoms with Crippen LogP contribution in [0.5, 0.6) is 5.75 Å². The Labute approximate surface area is 140 Å². The molecule has 3 rings (SSSR count). The van der Waals surface area contributed by atoms with Gasteiger partial charge in [0.25, 0.3) is 5.91 Å². The average Bonchev–Trinajstić information content (AvgIpc) is 3.03. The lowest BCUT2D eigenvalue weighted by Crippen LogP contribution is -2.29. The van der Waals surface area contributed by atoms with Crippen LogP contribution >= 0.6 is 0 Å². The number of carbonyl (C=O) groups excluding carboxylic acids is 2. The molecule has 2 aromatic rings. The minimum absolute atomic E-state index is 0.152. The molecule has 1 aliphatic heterocycles. The van der Waals surface area contributed by atoms with E-state index in [4.69, 9.17) is 4.74 Å². The van der Waals surface area contributed by atoms with Crippen LogP contribution in [0.3, 0.4) is 0 Å². The van der Waals surface area contributed by atoms with Crippen LogP contribution in [0.2, 0.25) is 0 Å². The van der Waals surface area contributed by atoms with Crippen LogP contribution in [-0.2, 0) is 4.79 Å². The fourth-order valence-corrected chi connectivity index (χ4v) is 2.61. The lowest BCUT2D eigenvalue weighted by atomic mass is 10.0. The summed E-state index contributed by atoms with van der Waals surface area (Å²) in [7, 11) is 0. The van der Waals surface area contributed by atoms with Crippen LogP contribution in [0.4, 0.5) is 5.69 Å². The van der Waals surface area contributed by atoms with Gasteiger partial charge in [-0.15, -0.1) is 0 Å². The summed E-state index contributed by atoms with van der Waals surface area (Å²) in [4.78, 5) is 23.5. The molecule has 5 nitrogen and oxygen atoms in total. The highest BCUT2D eigenvalue weighted by Gasteiger charge is 2.23. The SMILES string of the molecule is C=CC(=O)Nc1ccc(C(=O)NCC2COc3ccccc32)cc1. The summed E-state index contributed by atoms with van der Waals surface area (Å²) >= 11 is 0. The van der Waals surface area contributed by atoms with E-state index in [0.717, 1.165) is 11.3 Å². The summed E-state index contributed by atoms with van der Waals surface area (Å²) in [6.07, 6.45) is 1.20. The standard InChI is InChI=1S/C19H18N2O3/c1-2-18(22)21-15-9-7-13(8-10-15)19(23)20-11-14-12-24-17-6-4-3-5-16(14)17/h2-10,14H,1,11-12H2,(H,20,23)(H,21,22). The monoisotopic (exact) mass is 322 g/mol. The van der Waals surface area contributed by atoms with Gasteiger partial charge in [0.15, 0.2) is 0 Å². The molecule has 1 heterocycles. The molecule has 0 saturated carbocycles. The summed E-state index contributed by atoms with van der Waals surface area (Å²) in [5.74, 6) is 0.614. The van der Waals surface area contributed by atoms with E-state index < -0.39 is 0 Å². The van der Waals surface area contributed by atoms with Crippen molar-refractivity contribution in [3.05, 3.63) is 72.3 Å². The molecule has 1 unspecified atom stereocenters. The first-order valence-electron chi connectivity index (χ1n) is 7.71. The zero-order valence-electron chi connectivity index (χ0n) is 13.1. The third kappa shape index (κ3) is 3.46. The van der Waals surface area contributed by atoms with Crippen LogP contribution in [0, 0.1) is 0 Å². The molecule has 1 aliphatic rings. The van der Waals surface area contributed by atoms with Gasteiger partial charge >= 0.3 is 0 Å². The molecule has 2 amide bonds. The van der Waals surface area contributed by atoms with Crippen molar-refractivity contribution in [1.29, 1.82) is 0 Å². The smallest absolute Gasteiger partial charge is 0.251 e. The van der Waals surface area contributed by atoms with Crippen molar-refractivity contribution >= 4 is 17.5 Å². The molecule has 0 bridgehead atoms. The van der Waals surface area contributed by atoms with Gasteiger partial charge < -0.3 is 15.4 Å². The Balaban J connectivity index is 1.58. The average molecular weight is 322 g/mol. The first kappa shape index (κ1) is 15.8. The number of carbonyl (C=O) groups is 2. The number of hydrogen-bond acceptors (Lipinski definition) is 3. The quantitative estimate of drug-likeness (QED) is 0.832. The molecule has 0 aliphatic carbocycles. The predicted molar refractivity (Wildman–Crippen MR) is 92.3 cm³/mol. The second kappa shape index (κ2) is 7.00. The van der Waals surface area contributed by atoms with Crippen LogP contribution in [-0.4, -0.2) is 25.0 Å². The maximum atomic E-state index is 12.2. The van der Waals surface area contributed by atoms with Gasteiger partial charge in [-0.05, 0) is 36.4 Å². The number of amides is 2. The molecule has 0 aromatic heterocycles.